The summed E-state index contributed by atoms with van der Waals surface area (Å²) in [6.45, 7) is 8.55. The highest BCUT2D eigenvalue weighted by atomic mass is 16.6. The number of hydrogen-bond acceptors (Lipinski definition) is 6. The average molecular weight is 423 g/mol. The van der Waals surface area contributed by atoms with Crippen molar-refractivity contribution in [2.45, 2.75) is 63.7 Å². The molecule has 3 fully saturated rings. The summed E-state index contributed by atoms with van der Waals surface area (Å²) in [5, 5.41) is 9.58. The van der Waals surface area contributed by atoms with E-state index in [-0.39, 0.29) is 31.6 Å². The number of ether oxygens (including phenoxy) is 2. The van der Waals surface area contributed by atoms with Gasteiger partial charge < -0.3 is 24.4 Å². The van der Waals surface area contributed by atoms with E-state index < -0.39 is 35.6 Å². The summed E-state index contributed by atoms with van der Waals surface area (Å²) >= 11 is 0. The SMILES string of the molecule is C=CCN(CCCCC)C(=O)[C@@H]1N(CCO)C(=O)[C@H]2[C@H](C(=O)OCC)[C@@H]3CC[C@]12O3. The number of hydrogen-bond donors (Lipinski definition) is 1. The molecule has 2 amide bonds. The Morgan fingerprint density at radius 3 is 2.80 bits per heavy atom. The highest BCUT2D eigenvalue weighted by Crippen LogP contribution is 2.58. The molecule has 0 aromatic heterocycles. The van der Waals surface area contributed by atoms with Gasteiger partial charge in [0.2, 0.25) is 11.8 Å². The summed E-state index contributed by atoms with van der Waals surface area (Å²) in [6.07, 6.45) is 5.33. The number of amides is 2. The lowest BCUT2D eigenvalue weighted by atomic mass is 9.70. The third kappa shape index (κ3) is 3.64. The van der Waals surface area contributed by atoms with Crippen molar-refractivity contribution in [3.05, 3.63) is 12.7 Å². The zero-order valence-corrected chi connectivity index (χ0v) is 18.0. The predicted molar refractivity (Wildman–Crippen MR) is 109 cm³/mol. The van der Waals surface area contributed by atoms with Crippen LogP contribution >= 0.6 is 0 Å². The highest BCUT2D eigenvalue weighted by molar-refractivity contribution is 5.98. The topological polar surface area (TPSA) is 96.4 Å². The predicted octanol–water partition coefficient (Wildman–Crippen LogP) is 1.12. The molecule has 3 aliphatic rings. The minimum atomic E-state index is -1.03. The molecule has 0 aliphatic carbocycles. The van der Waals surface area contributed by atoms with E-state index in [9.17, 15) is 19.5 Å². The summed E-state index contributed by atoms with van der Waals surface area (Å²) in [6, 6.07) is -0.840. The highest BCUT2D eigenvalue weighted by Gasteiger charge is 2.74. The van der Waals surface area contributed by atoms with E-state index in [0.717, 1.165) is 19.3 Å². The van der Waals surface area contributed by atoms with E-state index in [1.165, 1.54) is 4.90 Å². The number of esters is 1. The molecule has 3 heterocycles. The van der Waals surface area contributed by atoms with Crippen LogP contribution in [0, 0.1) is 11.8 Å². The monoisotopic (exact) mass is 422 g/mol. The fourth-order valence-electron chi connectivity index (χ4n) is 5.46. The first kappa shape index (κ1) is 22.7. The number of rotatable bonds is 11. The number of β-amino-alcohol motifs (C(OH)–C–C–N with tert-alkyl or cyclic N) is 1. The lowest BCUT2D eigenvalue weighted by molar-refractivity contribution is -0.155. The molecule has 3 saturated heterocycles. The molecule has 8 heteroatoms. The summed E-state index contributed by atoms with van der Waals surface area (Å²) in [5.74, 6) is -2.37. The number of aliphatic hydroxyl groups is 1. The molecule has 3 aliphatic heterocycles. The molecule has 5 atom stereocenters. The fourth-order valence-corrected chi connectivity index (χ4v) is 5.46. The maximum Gasteiger partial charge on any atom is 0.312 e. The number of likely N-dealkylation sites (tertiary alicyclic amines) is 1. The zero-order valence-electron chi connectivity index (χ0n) is 18.0. The van der Waals surface area contributed by atoms with Crippen LogP contribution in [0.1, 0.15) is 46.0 Å². The maximum atomic E-state index is 13.7. The van der Waals surface area contributed by atoms with E-state index in [1.807, 2.05) is 0 Å². The van der Waals surface area contributed by atoms with E-state index >= 15 is 0 Å². The van der Waals surface area contributed by atoms with Crippen LogP contribution in [0.3, 0.4) is 0 Å². The number of carbonyl (C=O) groups excluding carboxylic acids is 3. The second kappa shape index (κ2) is 9.47. The van der Waals surface area contributed by atoms with Crippen molar-refractivity contribution in [2.75, 3.05) is 32.8 Å². The minimum Gasteiger partial charge on any atom is -0.466 e. The Bertz CT molecular complexity index is 683. The van der Waals surface area contributed by atoms with Gasteiger partial charge in [0.1, 0.15) is 11.6 Å². The molecule has 1 N–H and O–H groups in total. The Morgan fingerprint density at radius 2 is 2.17 bits per heavy atom. The number of nitrogens with zero attached hydrogens (tertiary/aromatic N) is 2. The quantitative estimate of drug-likeness (QED) is 0.305. The van der Waals surface area contributed by atoms with Gasteiger partial charge in [-0.2, -0.15) is 0 Å². The van der Waals surface area contributed by atoms with Gasteiger partial charge in [0.05, 0.1) is 31.2 Å². The summed E-state index contributed by atoms with van der Waals surface area (Å²) < 4.78 is 11.5. The molecule has 0 saturated carbocycles. The van der Waals surface area contributed by atoms with Crippen molar-refractivity contribution in [3.63, 3.8) is 0 Å². The molecule has 8 nitrogen and oxygen atoms in total. The van der Waals surface area contributed by atoms with E-state index in [0.29, 0.717) is 25.9 Å². The summed E-state index contributed by atoms with van der Waals surface area (Å²) in [7, 11) is 0. The van der Waals surface area contributed by atoms with Gasteiger partial charge in [0, 0.05) is 19.6 Å². The average Bonchev–Trinajstić information content (AvgIpc) is 3.35. The fraction of sp³-hybridized carbons (Fsp3) is 0.773. The number of fused-ring (bicyclic) bond motifs is 1. The van der Waals surface area contributed by atoms with Crippen molar-refractivity contribution in [2.24, 2.45) is 11.8 Å². The zero-order chi connectivity index (χ0) is 21.9. The molecule has 0 radical (unpaired) electrons. The molecule has 0 aromatic rings. The Hall–Kier alpha value is -1.93. The largest absolute Gasteiger partial charge is 0.466 e. The third-order valence-electron chi connectivity index (χ3n) is 6.63. The van der Waals surface area contributed by atoms with Crippen molar-refractivity contribution >= 4 is 17.8 Å². The van der Waals surface area contributed by atoms with Crippen LogP contribution in [0.2, 0.25) is 0 Å². The third-order valence-corrected chi connectivity index (χ3v) is 6.63. The molecular weight excluding hydrogens is 388 g/mol. The van der Waals surface area contributed by atoms with Crippen LogP contribution in [0.5, 0.6) is 0 Å². The van der Waals surface area contributed by atoms with Crippen LogP contribution in [-0.4, -0.2) is 83.3 Å². The smallest absolute Gasteiger partial charge is 0.312 e. The van der Waals surface area contributed by atoms with Crippen LogP contribution in [-0.2, 0) is 23.9 Å². The molecule has 1 spiro atoms. The van der Waals surface area contributed by atoms with Crippen LogP contribution in [0.15, 0.2) is 12.7 Å². The maximum absolute atomic E-state index is 13.7. The summed E-state index contributed by atoms with van der Waals surface area (Å²) in [4.78, 5) is 42.9. The first-order chi connectivity index (χ1) is 14.5. The Morgan fingerprint density at radius 1 is 1.40 bits per heavy atom. The van der Waals surface area contributed by atoms with Gasteiger partial charge in [-0.1, -0.05) is 25.8 Å². The number of aliphatic hydroxyl groups excluding tert-OH is 1. The summed E-state index contributed by atoms with van der Waals surface area (Å²) in [5.41, 5.74) is -1.03. The number of carbonyl (C=O) groups is 3. The Kier molecular flexibility index (Phi) is 7.18. The molecule has 0 unspecified atom stereocenters. The second-order valence-corrected chi connectivity index (χ2v) is 8.34. The van der Waals surface area contributed by atoms with Crippen LogP contribution in [0.4, 0.5) is 0 Å². The molecule has 2 bridgehead atoms. The molecule has 30 heavy (non-hydrogen) atoms. The van der Waals surface area contributed by atoms with Gasteiger partial charge in [-0.3, -0.25) is 14.4 Å². The second-order valence-electron chi connectivity index (χ2n) is 8.34. The first-order valence-electron chi connectivity index (χ1n) is 11.1. The van der Waals surface area contributed by atoms with Gasteiger partial charge in [-0.05, 0) is 26.2 Å². The van der Waals surface area contributed by atoms with Gasteiger partial charge >= 0.3 is 5.97 Å². The molecule has 168 valence electrons. The van der Waals surface area contributed by atoms with Crippen LogP contribution < -0.4 is 0 Å². The lowest BCUT2D eigenvalue weighted by Gasteiger charge is -2.36. The molecular formula is C22H34N2O6. The normalized spacial score (nSPS) is 31.7. The van der Waals surface area contributed by atoms with E-state index in [1.54, 1.807) is 17.9 Å². The van der Waals surface area contributed by atoms with Gasteiger partial charge in [0.15, 0.2) is 0 Å². The van der Waals surface area contributed by atoms with Gasteiger partial charge in [-0.15, -0.1) is 6.58 Å². The van der Waals surface area contributed by atoms with Crippen molar-refractivity contribution in [3.8, 4) is 0 Å². The minimum absolute atomic E-state index is 0.0357. The Labute approximate surface area is 178 Å². The lowest BCUT2D eigenvalue weighted by Crippen LogP contribution is -2.56. The van der Waals surface area contributed by atoms with E-state index in [2.05, 4.69) is 13.5 Å². The van der Waals surface area contributed by atoms with E-state index in [4.69, 9.17) is 9.47 Å². The van der Waals surface area contributed by atoms with Gasteiger partial charge in [0.25, 0.3) is 0 Å². The molecule has 3 rings (SSSR count). The van der Waals surface area contributed by atoms with Crippen LogP contribution in [0.25, 0.3) is 0 Å². The van der Waals surface area contributed by atoms with Crippen molar-refractivity contribution in [1.82, 2.24) is 9.80 Å². The standard InChI is InChI=1S/C22H34N2O6/c1-4-7-8-12-23(11-5-2)20(27)18-22-10-9-15(30-22)16(21(28)29-6-3)17(22)19(26)24(18)13-14-25/h5,15-18,25H,2,4,6-14H2,1,3H3/t15-,16+,17+,18-,22+/m0/s1. The number of unbranched alkanes of at least 4 members (excludes halogenated alkanes) is 2. The first-order valence-corrected chi connectivity index (χ1v) is 11.1. The molecule has 0 aromatic carbocycles. The van der Waals surface area contributed by atoms with Crippen molar-refractivity contribution in [1.29, 1.82) is 0 Å². The Balaban J connectivity index is 1.94. The van der Waals surface area contributed by atoms with Gasteiger partial charge in [-0.25, -0.2) is 0 Å². The van der Waals surface area contributed by atoms with Crippen molar-refractivity contribution < 1.29 is 29.0 Å².